The highest BCUT2D eigenvalue weighted by molar-refractivity contribution is 5.84. The van der Waals surface area contributed by atoms with Crippen LogP contribution in [0.15, 0.2) is 0 Å². The van der Waals surface area contributed by atoms with E-state index in [1.807, 2.05) is 0 Å². The molecule has 2 bridgehead atoms. The lowest BCUT2D eigenvalue weighted by Gasteiger charge is -2.65. The van der Waals surface area contributed by atoms with Crippen LogP contribution in [-0.4, -0.2) is 29.3 Å². The van der Waals surface area contributed by atoms with Gasteiger partial charge in [-0.2, -0.15) is 0 Å². The summed E-state index contributed by atoms with van der Waals surface area (Å²) in [5.41, 5.74) is 0.314. The van der Waals surface area contributed by atoms with Gasteiger partial charge in [-0.1, -0.05) is 6.92 Å². The van der Waals surface area contributed by atoms with Crippen LogP contribution >= 0.6 is 0 Å². The molecule has 5 atom stereocenters. The van der Waals surface area contributed by atoms with Crippen LogP contribution in [0, 0.1) is 23.7 Å². The molecule has 0 radical (unpaired) electrons. The van der Waals surface area contributed by atoms with Gasteiger partial charge in [-0.3, -0.25) is 9.69 Å². The van der Waals surface area contributed by atoms with Crippen LogP contribution in [0.4, 0.5) is 0 Å². The van der Waals surface area contributed by atoms with Crippen molar-refractivity contribution < 1.29 is 4.79 Å². The highest BCUT2D eigenvalue weighted by atomic mass is 16.1. The summed E-state index contributed by atoms with van der Waals surface area (Å²) in [5, 5.41) is 0. The van der Waals surface area contributed by atoms with Crippen LogP contribution in [0.25, 0.3) is 0 Å². The lowest BCUT2D eigenvalue weighted by molar-refractivity contribution is -0.172. The van der Waals surface area contributed by atoms with Gasteiger partial charge in [0.25, 0.3) is 0 Å². The third-order valence-electron chi connectivity index (χ3n) is 6.50. The summed E-state index contributed by atoms with van der Waals surface area (Å²) in [6.07, 6.45) is 8.75. The molecule has 0 N–H and O–H groups in total. The van der Waals surface area contributed by atoms with Crippen molar-refractivity contribution in [2.45, 2.75) is 57.4 Å². The summed E-state index contributed by atoms with van der Waals surface area (Å²) in [6.45, 7) is 4.95. The van der Waals surface area contributed by atoms with Gasteiger partial charge in [0.1, 0.15) is 5.78 Å². The van der Waals surface area contributed by atoms with Gasteiger partial charge in [-0.15, -0.1) is 0 Å². The predicted octanol–water partition coefficient (Wildman–Crippen LogP) is 2.87. The number of rotatable bonds is 0. The number of hydrogen-bond acceptors (Lipinski definition) is 2. The Morgan fingerprint density at radius 1 is 1.22 bits per heavy atom. The van der Waals surface area contributed by atoms with Crippen LogP contribution in [0.2, 0.25) is 0 Å². The van der Waals surface area contributed by atoms with Crippen LogP contribution in [0.3, 0.4) is 0 Å². The van der Waals surface area contributed by atoms with Crippen LogP contribution in [0.1, 0.15) is 51.9 Å². The zero-order valence-electron chi connectivity index (χ0n) is 11.5. The number of carbonyl (C=O) groups excluding carboxylic acids is 1. The Kier molecular flexibility index (Phi) is 2.43. The number of carbonyl (C=O) groups is 1. The number of ketones is 1. The van der Waals surface area contributed by atoms with Crippen LogP contribution < -0.4 is 0 Å². The van der Waals surface area contributed by atoms with E-state index in [1.165, 1.54) is 51.6 Å². The van der Waals surface area contributed by atoms with E-state index < -0.39 is 0 Å². The average molecular weight is 247 g/mol. The maximum atomic E-state index is 12.5. The Balaban J connectivity index is 1.82. The molecule has 4 rings (SSSR count). The first-order chi connectivity index (χ1) is 8.72. The molecule has 0 amide bonds. The Hall–Kier alpha value is -0.370. The lowest BCUT2D eigenvalue weighted by Crippen LogP contribution is -2.71. The normalized spacial score (nSPS) is 51.9. The van der Waals surface area contributed by atoms with Crippen molar-refractivity contribution in [3.8, 4) is 0 Å². The number of hydrogen-bond donors (Lipinski definition) is 0. The standard InChI is InChI=1S/C16H25NO/c1-11-8-12-9-15(18)14-5-3-7-17-6-2-4-13(12)16(14,17)10-11/h11-14H,2-10H2,1H3/t11-,12-,13-,14-,16+/m1/s1. The maximum absolute atomic E-state index is 12.5. The molecule has 2 saturated carbocycles. The fourth-order valence-electron chi connectivity index (χ4n) is 6.18. The van der Waals surface area contributed by atoms with Gasteiger partial charge < -0.3 is 0 Å². The highest BCUT2D eigenvalue weighted by Gasteiger charge is 2.62. The molecule has 2 aliphatic carbocycles. The summed E-state index contributed by atoms with van der Waals surface area (Å²) in [6, 6.07) is 0. The second-order valence-corrected chi connectivity index (χ2v) is 7.40. The fourth-order valence-corrected chi connectivity index (χ4v) is 6.18. The van der Waals surface area contributed by atoms with Crippen LogP contribution in [0.5, 0.6) is 0 Å². The Bertz CT molecular complexity index is 377. The molecule has 2 nitrogen and oxygen atoms in total. The second kappa shape index (κ2) is 3.82. The van der Waals surface area contributed by atoms with Crippen LogP contribution in [-0.2, 0) is 4.79 Å². The molecule has 1 spiro atoms. The van der Waals surface area contributed by atoms with E-state index >= 15 is 0 Å². The minimum absolute atomic E-state index is 0.314. The molecule has 4 aliphatic rings. The summed E-state index contributed by atoms with van der Waals surface area (Å²) < 4.78 is 0. The van der Waals surface area contributed by atoms with E-state index in [9.17, 15) is 4.79 Å². The first-order valence-corrected chi connectivity index (χ1v) is 7.99. The van der Waals surface area contributed by atoms with E-state index in [0.29, 0.717) is 17.2 Å². The minimum atomic E-state index is 0.314. The Labute approximate surface area is 110 Å². The molecule has 2 heteroatoms. The lowest BCUT2D eigenvalue weighted by atomic mass is 9.48. The molecule has 2 aliphatic heterocycles. The SMILES string of the molecule is C[C@@H]1C[C@@H]2CC(=O)[C@H]3CCCN4CCC[C@H]2[C@@]34C1. The van der Waals surface area contributed by atoms with E-state index in [-0.39, 0.29) is 0 Å². The fraction of sp³-hybridized carbons (Fsp3) is 0.938. The Morgan fingerprint density at radius 3 is 2.83 bits per heavy atom. The maximum Gasteiger partial charge on any atom is 0.138 e. The third kappa shape index (κ3) is 1.31. The molecule has 0 unspecified atom stereocenters. The van der Waals surface area contributed by atoms with E-state index in [1.54, 1.807) is 0 Å². The zero-order valence-corrected chi connectivity index (χ0v) is 11.5. The molecular weight excluding hydrogens is 222 g/mol. The molecule has 2 heterocycles. The molecule has 0 aromatic carbocycles. The van der Waals surface area contributed by atoms with Gasteiger partial charge >= 0.3 is 0 Å². The first kappa shape index (κ1) is 11.5. The molecule has 4 fully saturated rings. The van der Waals surface area contributed by atoms with Gasteiger partial charge in [0.05, 0.1) is 0 Å². The predicted molar refractivity (Wildman–Crippen MR) is 71.3 cm³/mol. The third-order valence-corrected chi connectivity index (χ3v) is 6.50. The van der Waals surface area contributed by atoms with Crippen molar-refractivity contribution in [1.29, 1.82) is 0 Å². The summed E-state index contributed by atoms with van der Waals surface area (Å²) in [7, 11) is 0. The van der Waals surface area contributed by atoms with Crippen molar-refractivity contribution >= 4 is 5.78 Å². The zero-order chi connectivity index (χ0) is 12.3. The molecule has 100 valence electrons. The smallest absolute Gasteiger partial charge is 0.138 e. The molecular formula is C16H25NO. The molecule has 2 saturated heterocycles. The van der Waals surface area contributed by atoms with Crippen molar-refractivity contribution in [2.24, 2.45) is 23.7 Å². The summed E-state index contributed by atoms with van der Waals surface area (Å²) >= 11 is 0. The number of Topliss-reactive ketones (excluding diaryl/α,β-unsaturated/α-hetero) is 1. The van der Waals surface area contributed by atoms with Crippen molar-refractivity contribution in [3.63, 3.8) is 0 Å². The topological polar surface area (TPSA) is 20.3 Å². The molecule has 18 heavy (non-hydrogen) atoms. The minimum Gasteiger partial charge on any atom is -0.299 e. The summed E-state index contributed by atoms with van der Waals surface area (Å²) in [5.74, 6) is 3.43. The molecule has 0 aromatic rings. The van der Waals surface area contributed by atoms with Gasteiger partial charge in [-0.05, 0) is 69.4 Å². The quantitative estimate of drug-likeness (QED) is 0.656. The summed E-state index contributed by atoms with van der Waals surface area (Å²) in [4.78, 5) is 15.3. The second-order valence-electron chi connectivity index (χ2n) is 7.40. The number of piperidine rings is 2. The van der Waals surface area contributed by atoms with Gasteiger partial charge in [0, 0.05) is 17.9 Å². The highest BCUT2D eigenvalue weighted by Crippen LogP contribution is 2.59. The number of nitrogens with zero attached hydrogens (tertiary/aromatic N) is 1. The monoisotopic (exact) mass is 247 g/mol. The van der Waals surface area contributed by atoms with Crippen molar-refractivity contribution in [1.82, 2.24) is 4.90 Å². The van der Waals surface area contributed by atoms with Crippen molar-refractivity contribution in [2.75, 3.05) is 13.1 Å². The van der Waals surface area contributed by atoms with Gasteiger partial charge in [0.2, 0.25) is 0 Å². The Morgan fingerprint density at radius 2 is 2.00 bits per heavy atom. The van der Waals surface area contributed by atoms with Crippen molar-refractivity contribution in [3.05, 3.63) is 0 Å². The van der Waals surface area contributed by atoms with E-state index in [4.69, 9.17) is 0 Å². The van der Waals surface area contributed by atoms with E-state index in [2.05, 4.69) is 11.8 Å². The van der Waals surface area contributed by atoms with Gasteiger partial charge in [0.15, 0.2) is 0 Å². The largest absolute Gasteiger partial charge is 0.299 e. The van der Waals surface area contributed by atoms with E-state index in [0.717, 1.165) is 24.2 Å². The molecule has 0 aromatic heterocycles. The average Bonchev–Trinajstić information content (AvgIpc) is 2.33. The first-order valence-electron chi connectivity index (χ1n) is 7.99. The van der Waals surface area contributed by atoms with Gasteiger partial charge in [-0.25, -0.2) is 0 Å².